The molecule has 2 aromatic carbocycles. The quantitative estimate of drug-likeness (QED) is 0.725. The van der Waals surface area contributed by atoms with Gasteiger partial charge in [0.15, 0.2) is 11.5 Å². The van der Waals surface area contributed by atoms with Crippen LogP contribution in [0.3, 0.4) is 0 Å². The first-order valence-corrected chi connectivity index (χ1v) is 9.13. The van der Waals surface area contributed by atoms with Crippen LogP contribution in [-0.2, 0) is 10.2 Å². The number of phenolic OH excluding ortho intramolecular Hbond substituents is 1. The molecule has 5 rings (SSSR count). The molecule has 0 unspecified atom stereocenters. The number of hydrogen-bond donors (Lipinski definition) is 2. The van der Waals surface area contributed by atoms with Crippen molar-refractivity contribution in [3.63, 3.8) is 0 Å². The molecule has 140 valence electrons. The zero-order chi connectivity index (χ0) is 19.1. The molecule has 2 heterocycles. The molecule has 1 aliphatic heterocycles. The van der Waals surface area contributed by atoms with E-state index >= 15 is 0 Å². The van der Waals surface area contributed by atoms with Crippen LogP contribution >= 0.6 is 0 Å². The number of aromatic hydroxyl groups is 1. The number of nitrogens with one attached hydrogen (secondary N) is 1. The average Bonchev–Trinajstić information content (AvgIpc) is 3.40. The van der Waals surface area contributed by atoms with Crippen molar-refractivity contribution in [2.75, 3.05) is 12.1 Å². The second kappa shape index (κ2) is 6.27. The largest absolute Gasteiger partial charge is 0.507 e. The zero-order valence-electron chi connectivity index (χ0n) is 15.0. The Morgan fingerprint density at radius 2 is 1.82 bits per heavy atom. The number of pyridine rings is 1. The van der Waals surface area contributed by atoms with Gasteiger partial charge in [-0.2, -0.15) is 0 Å². The lowest BCUT2D eigenvalue weighted by Gasteiger charge is -2.16. The number of fused-ring (bicyclic) bond motifs is 1. The van der Waals surface area contributed by atoms with Crippen LogP contribution in [0.25, 0.3) is 11.3 Å². The van der Waals surface area contributed by atoms with Crippen LogP contribution in [0.15, 0.2) is 60.7 Å². The summed E-state index contributed by atoms with van der Waals surface area (Å²) in [6, 6.07) is 18.0. The molecular weight excluding hydrogens is 356 g/mol. The minimum Gasteiger partial charge on any atom is -0.507 e. The first kappa shape index (κ1) is 16.6. The van der Waals surface area contributed by atoms with E-state index in [1.54, 1.807) is 30.3 Å². The van der Waals surface area contributed by atoms with Crippen LogP contribution in [-0.4, -0.2) is 22.8 Å². The average molecular weight is 374 g/mol. The number of carbonyl (C=O) groups is 1. The monoisotopic (exact) mass is 374 g/mol. The number of rotatable bonds is 4. The van der Waals surface area contributed by atoms with E-state index in [-0.39, 0.29) is 18.4 Å². The van der Waals surface area contributed by atoms with Gasteiger partial charge in [-0.3, -0.25) is 4.79 Å². The van der Waals surface area contributed by atoms with Gasteiger partial charge in [0.1, 0.15) is 11.6 Å². The summed E-state index contributed by atoms with van der Waals surface area (Å²) in [4.78, 5) is 17.5. The molecule has 0 saturated heterocycles. The Balaban J connectivity index is 1.40. The molecule has 0 spiro atoms. The number of hydrogen-bond acceptors (Lipinski definition) is 5. The molecule has 1 aromatic heterocycles. The first-order chi connectivity index (χ1) is 13.7. The molecule has 3 aromatic rings. The third kappa shape index (κ3) is 2.74. The highest BCUT2D eigenvalue weighted by Gasteiger charge is 2.51. The van der Waals surface area contributed by atoms with Crippen molar-refractivity contribution < 1.29 is 19.4 Å². The van der Waals surface area contributed by atoms with Gasteiger partial charge in [0, 0.05) is 5.56 Å². The molecular formula is C22H18N2O4. The summed E-state index contributed by atoms with van der Waals surface area (Å²) >= 11 is 0. The second-order valence-corrected chi connectivity index (χ2v) is 7.03. The molecule has 1 amide bonds. The van der Waals surface area contributed by atoms with Crippen molar-refractivity contribution in [3.05, 3.63) is 66.2 Å². The Bertz CT molecular complexity index is 1080. The SMILES string of the molecule is O=C(Nc1cccc(-c2ccccc2O)n1)C1(c2ccc3c(c2)OCO3)CC1. The summed E-state index contributed by atoms with van der Waals surface area (Å²) in [5.41, 5.74) is 1.58. The molecule has 0 radical (unpaired) electrons. The van der Waals surface area contributed by atoms with Gasteiger partial charge in [-0.1, -0.05) is 24.3 Å². The van der Waals surface area contributed by atoms with Crippen LogP contribution in [0.2, 0.25) is 0 Å². The molecule has 1 saturated carbocycles. The maximum absolute atomic E-state index is 13.0. The predicted octanol–water partition coefficient (Wildman–Crippen LogP) is 3.85. The highest BCUT2D eigenvalue weighted by molar-refractivity contribution is 6.01. The van der Waals surface area contributed by atoms with Gasteiger partial charge < -0.3 is 19.9 Å². The number of phenols is 1. The number of aromatic nitrogens is 1. The zero-order valence-corrected chi connectivity index (χ0v) is 15.0. The lowest BCUT2D eigenvalue weighted by atomic mass is 9.94. The molecule has 28 heavy (non-hydrogen) atoms. The van der Waals surface area contributed by atoms with Gasteiger partial charge in [0.05, 0.1) is 11.1 Å². The number of ether oxygens (including phenoxy) is 2. The van der Waals surface area contributed by atoms with Crippen LogP contribution < -0.4 is 14.8 Å². The highest BCUT2D eigenvalue weighted by atomic mass is 16.7. The van der Waals surface area contributed by atoms with E-state index in [0.717, 1.165) is 18.4 Å². The Labute approximate surface area is 161 Å². The van der Waals surface area contributed by atoms with Gasteiger partial charge in [0.2, 0.25) is 12.7 Å². The maximum atomic E-state index is 13.0. The van der Waals surface area contributed by atoms with Gasteiger partial charge in [-0.05, 0) is 54.8 Å². The van der Waals surface area contributed by atoms with Crippen LogP contribution in [0.4, 0.5) is 5.82 Å². The van der Waals surface area contributed by atoms with E-state index in [2.05, 4.69) is 10.3 Å². The van der Waals surface area contributed by atoms with Crippen LogP contribution in [0.1, 0.15) is 18.4 Å². The molecule has 0 bridgehead atoms. The van der Waals surface area contributed by atoms with Gasteiger partial charge in [-0.25, -0.2) is 4.98 Å². The summed E-state index contributed by atoms with van der Waals surface area (Å²) in [6.45, 7) is 0.209. The summed E-state index contributed by atoms with van der Waals surface area (Å²) in [5.74, 6) is 1.90. The Morgan fingerprint density at radius 3 is 2.64 bits per heavy atom. The van der Waals surface area contributed by atoms with E-state index in [0.29, 0.717) is 28.6 Å². The van der Waals surface area contributed by atoms with E-state index < -0.39 is 5.41 Å². The smallest absolute Gasteiger partial charge is 0.236 e. The van der Waals surface area contributed by atoms with E-state index in [1.807, 2.05) is 30.3 Å². The van der Waals surface area contributed by atoms with Crippen molar-refractivity contribution in [2.45, 2.75) is 18.3 Å². The fourth-order valence-corrected chi connectivity index (χ4v) is 3.55. The Morgan fingerprint density at radius 1 is 1.00 bits per heavy atom. The van der Waals surface area contributed by atoms with Crippen LogP contribution in [0, 0.1) is 0 Å². The van der Waals surface area contributed by atoms with E-state index in [4.69, 9.17) is 9.47 Å². The second-order valence-electron chi connectivity index (χ2n) is 7.03. The topological polar surface area (TPSA) is 80.7 Å². The fraction of sp³-hybridized carbons (Fsp3) is 0.182. The van der Waals surface area contributed by atoms with Gasteiger partial charge >= 0.3 is 0 Å². The standard InChI is InChI=1S/C22H18N2O4/c25-17-6-2-1-4-15(17)16-5-3-7-20(23-16)24-21(26)22(10-11-22)14-8-9-18-19(12-14)28-13-27-18/h1-9,12,25H,10-11,13H2,(H,23,24,26). The summed E-state index contributed by atoms with van der Waals surface area (Å²) in [6.07, 6.45) is 1.55. The molecule has 6 heteroatoms. The Kier molecular flexibility index (Phi) is 3.72. The number of amides is 1. The lowest BCUT2D eigenvalue weighted by molar-refractivity contribution is -0.118. The maximum Gasteiger partial charge on any atom is 0.236 e. The van der Waals surface area contributed by atoms with Crippen LogP contribution in [0.5, 0.6) is 17.2 Å². The minimum absolute atomic E-state index is 0.0895. The van der Waals surface area contributed by atoms with Crippen molar-refractivity contribution in [1.82, 2.24) is 4.98 Å². The van der Waals surface area contributed by atoms with E-state index in [9.17, 15) is 9.90 Å². The molecule has 0 atom stereocenters. The molecule has 2 N–H and O–H groups in total. The number of anilines is 1. The third-order valence-electron chi connectivity index (χ3n) is 5.28. The number of para-hydroxylation sites is 1. The van der Waals surface area contributed by atoms with Gasteiger partial charge in [0.25, 0.3) is 0 Å². The molecule has 1 aliphatic carbocycles. The summed E-state index contributed by atoms with van der Waals surface area (Å²) in [7, 11) is 0. The fourth-order valence-electron chi connectivity index (χ4n) is 3.55. The van der Waals surface area contributed by atoms with E-state index in [1.165, 1.54) is 0 Å². The van der Waals surface area contributed by atoms with Gasteiger partial charge in [-0.15, -0.1) is 0 Å². The van der Waals surface area contributed by atoms with Crippen molar-refractivity contribution in [3.8, 4) is 28.5 Å². The minimum atomic E-state index is -0.562. The molecule has 1 fully saturated rings. The third-order valence-corrected chi connectivity index (χ3v) is 5.28. The first-order valence-electron chi connectivity index (χ1n) is 9.13. The summed E-state index contributed by atoms with van der Waals surface area (Å²) < 4.78 is 10.8. The molecule has 2 aliphatic rings. The Hall–Kier alpha value is -3.54. The van der Waals surface area contributed by atoms with Crippen molar-refractivity contribution >= 4 is 11.7 Å². The lowest BCUT2D eigenvalue weighted by Crippen LogP contribution is -2.28. The normalized spacial score (nSPS) is 15.9. The number of benzene rings is 2. The number of nitrogens with zero attached hydrogens (tertiary/aromatic N) is 1. The van der Waals surface area contributed by atoms with Crippen molar-refractivity contribution in [2.24, 2.45) is 0 Å². The predicted molar refractivity (Wildman–Crippen MR) is 103 cm³/mol. The highest BCUT2D eigenvalue weighted by Crippen LogP contribution is 2.51. The molecule has 6 nitrogen and oxygen atoms in total. The van der Waals surface area contributed by atoms with Crippen molar-refractivity contribution in [1.29, 1.82) is 0 Å². The number of carbonyl (C=O) groups excluding carboxylic acids is 1. The summed E-state index contributed by atoms with van der Waals surface area (Å²) in [5, 5.41) is 13.0.